The predicted molar refractivity (Wildman–Crippen MR) is 81.7 cm³/mol. The van der Waals surface area contributed by atoms with Crippen LogP contribution in [0.4, 0.5) is 5.69 Å². The molecule has 0 radical (unpaired) electrons. The molecule has 0 saturated carbocycles. The molecule has 0 aromatic heterocycles. The molecule has 0 bridgehead atoms. The van der Waals surface area contributed by atoms with Gasteiger partial charge in [0.25, 0.3) is 0 Å². The molecule has 4 heteroatoms. The van der Waals surface area contributed by atoms with Gasteiger partial charge < -0.3 is 9.64 Å². The van der Waals surface area contributed by atoms with Gasteiger partial charge in [0, 0.05) is 38.4 Å². The zero-order valence-electron chi connectivity index (χ0n) is 12.2. The molecule has 2 heterocycles. The average Bonchev–Trinajstić information content (AvgIpc) is 2.55. The van der Waals surface area contributed by atoms with Crippen molar-refractivity contribution in [1.82, 2.24) is 10.4 Å². The van der Waals surface area contributed by atoms with Gasteiger partial charge in [-0.25, -0.2) is 5.01 Å². The minimum atomic E-state index is 0.834. The van der Waals surface area contributed by atoms with Crippen molar-refractivity contribution < 1.29 is 4.74 Å². The number of morpholine rings is 1. The zero-order valence-corrected chi connectivity index (χ0v) is 12.2. The van der Waals surface area contributed by atoms with Crippen LogP contribution in [0.2, 0.25) is 0 Å². The van der Waals surface area contributed by atoms with E-state index in [1.807, 2.05) is 0 Å². The fourth-order valence-corrected chi connectivity index (χ4v) is 2.90. The third kappa shape index (κ3) is 3.72. The molecule has 20 heavy (non-hydrogen) atoms. The van der Waals surface area contributed by atoms with Crippen molar-refractivity contribution in [2.24, 2.45) is 0 Å². The van der Waals surface area contributed by atoms with Gasteiger partial charge in [0.05, 0.1) is 13.2 Å². The Bertz CT molecular complexity index is 395. The molecule has 1 aromatic carbocycles. The maximum Gasteiger partial charge on any atom is 0.0608 e. The lowest BCUT2D eigenvalue weighted by Crippen LogP contribution is -2.45. The van der Waals surface area contributed by atoms with E-state index >= 15 is 0 Å². The van der Waals surface area contributed by atoms with E-state index in [-0.39, 0.29) is 0 Å². The van der Waals surface area contributed by atoms with E-state index in [0.717, 1.165) is 32.8 Å². The number of hydrogen-bond acceptors (Lipinski definition) is 4. The first-order valence-corrected chi connectivity index (χ1v) is 7.82. The summed E-state index contributed by atoms with van der Waals surface area (Å²) in [6.07, 6.45) is 4.05. The minimum absolute atomic E-state index is 0.834. The molecule has 2 fully saturated rings. The topological polar surface area (TPSA) is 27.7 Å². The predicted octanol–water partition coefficient (Wildman–Crippen LogP) is 2.01. The largest absolute Gasteiger partial charge is 0.379 e. The van der Waals surface area contributed by atoms with E-state index in [0.29, 0.717) is 0 Å². The maximum atomic E-state index is 5.35. The standard InChI is InChI=1S/C16H25N3O/c1-2-8-18(9-3-1)16-6-4-15(5-7-16)14-17-19-10-12-20-13-11-19/h4-7,17H,1-3,8-14H2. The molecule has 0 atom stereocenters. The summed E-state index contributed by atoms with van der Waals surface area (Å²) in [5, 5.41) is 2.25. The molecular formula is C16H25N3O. The van der Waals surface area contributed by atoms with E-state index < -0.39 is 0 Å². The summed E-state index contributed by atoms with van der Waals surface area (Å²) in [6, 6.07) is 9.03. The number of nitrogens with zero attached hydrogens (tertiary/aromatic N) is 2. The van der Waals surface area contributed by atoms with Crippen molar-refractivity contribution in [3.63, 3.8) is 0 Å². The van der Waals surface area contributed by atoms with Gasteiger partial charge in [-0.15, -0.1) is 0 Å². The maximum absolute atomic E-state index is 5.35. The first-order valence-electron chi connectivity index (χ1n) is 7.82. The van der Waals surface area contributed by atoms with Gasteiger partial charge in [0.1, 0.15) is 0 Å². The van der Waals surface area contributed by atoms with E-state index in [1.165, 1.54) is 43.6 Å². The molecule has 3 rings (SSSR count). The van der Waals surface area contributed by atoms with Crippen LogP contribution < -0.4 is 10.3 Å². The van der Waals surface area contributed by atoms with Gasteiger partial charge in [-0.3, -0.25) is 5.43 Å². The molecule has 0 spiro atoms. The number of benzene rings is 1. The monoisotopic (exact) mass is 275 g/mol. The number of ether oxygens (including phenoxy) is 1. The molecule has 1 aromatic rings. The van der Waals surface area contributed by atoms with Crippen LogP contribution in [0.5, 0.6) is 0 Å². The van der Waals surface area contributed by atoms with Crippen LogP contribution in [-0.4, -0.2) is 44.4 Å². The summed E-state index contributed by atoms with van der Waals surface area (Å²) in [6.45, 7) is 6.95. The summed E-state index contributed by atoms with van der Waals surface area (Å²) in [5.41, 5.74) is 6.20. The first kappa shape index (κ1) is 13.9. The molecule has 2 aliphatic heterocycles. The average molecular weight is 275 g/mol. The van der Waals surface area contributed by atoms with Crippen molar-refractivity contribution in [2.75, 3.05) is 44.3 Å². The summed E-state index contributed by atoms with van der Waals surface area (Å²) in [5.74, 6) is 0. The van der Waals surface area contributed by atoms with Crippen molar-refractivity contribution >= 4 is 5.69 Å². The molecular weight excluding hydrogens is 250 g/mol. The molecule has 2 aliphatic rings. The van der Waals surface area contributed by atoms with Gasteiger partial charge in [-0.05, 0) is 37.0 Å². The van der Waals surface area contributed by atoms with E-state index in [9.17, 15) is 0 Å². The van der Waals surface area contributed by atoms with Gasteiger partial charge in [-0.2, -0.15) is 0 Å². The van der Waals surface area contributed by atoms with Crippen LogP contribution in [-0.2, 0) is 11.3 Å². The molecule has 0 amide bonds. The Morgan fingerprint density at radius 1 is 0.900 bits per heavy atom. The quantitative estimate of drug-likeness (QED) is 0.910. The Hall–Kier alpha value is -1.10. The van der Waals surface area contributed by atoms with Crippen LogP contribution in [0.25, 0.3) is 0 Å². The van der Waals surface area contributed by atoms with Gasteiger partial charge in [0.2, 0.25) is 0 Å². The van der Waals surface area contributed by atoms with Crippen molar-refractivity contribution in [3.05, 3.63) is 29.8 Å². The summed E-state index contributed by atoms with van der Waals surface area (Å²) in [4.78, 5) is 2.50. The molecule has 0 aliphatic carbocycles. The second-order valence-corrected chi connectivity index (χ2v) is 5.65. The Kier molecular flexibility index (Phi) is 4.90. The molecule has 4 nitrogen and oxygen atoms in total. The highest BCUT2D eigenvalue weighted by atomic mass is 16.5. The molecule has 110 valence electrons. The van der Waals surface area contributed by atoms with Crippen molar-refractivity contribution in [1.29, 1.82) is 0 Å². The molecule has 2 saturated heterocycles. The highest BCUT2D eigenvalue weighted by molar-refractivity contribution is 5.47. The van der Waals surface area contributed by atoms with E-state index in [2.05, 4.69) is 39.6 Å². The Morgan fingerprint density at radius 3 is 2.30 bits per heavy atom. The number of nitrogens with one attached hydrogen (secondary N) is 1. The van der Waals surface area contributed by atoms with Crippen LogP contribution in [0.15, 0.2) is 24.3 Å². The van der Waals surface area contributed by atoms with Gasteiger partial charge in [-0.1, -0.05) is 12.1 Å². The zero-order chi connectivity index (χ0) is 13.6. The Balaban J connectivity index is 1.50. The third-order valence-corrected chi connectivity index (χ3v) is 4.18. The van der Waals surface area contributed by atoms with Gasteiger partial charge >= 0.3 is 0 Å². The fraction of sp³-hybridized carbons (Fsp3) is 0.625. The highest BCUT2D eigenvalue weighted by Crippen LogP contribution is 2.20. The number of hydrogen-bond donors (Lipinski definition) is 1. The van der Waals surface area contributed by atoms with Crippen LogP contribution in [0.1, 0.15) is 24.8 Å². The Morgan fingerprint density at radius 2 is 1.60 bits per heavy atom. The summed E-state index contributed by atoms with van der Waals surface area (Å²) in [7, 11) is 0. The highest BCUT2D eigenvalue weighted by Gasteiger charge is 2.11. The summed E-state index contributed by atoms with van der Waals surface area (Å²) >= 11 is 0. The molecule has 1 N–H and O–H groups in total. The fourth-order valence-electron chi connectivity index (χ4n) is 2.90. The van der Waals surface area contributed by atoms with Gasteiger partial charge in [0.15, 0.2) is 0 Å². The number of piperidine rings is 1. The van der Waals surface area contributed by atoms with E-state index in [1.54, 1.807) is 0 Å². The normalized spacial score (nSPS) is 21.1. The second-order valence-electron chi connectivity index (χ2n) is 5.65. The van der Waals surface area contributed by atoms with Crippen LogP contribution >= 0.6 is 0 Å². The first-order chi connectivity index (χ1) is 9.92. The Labute approximate surface area is 121 Å². The lowest BCUT2D eigenvalue weighted by molar-refractivity contribution is 0.0106. The SMILES string of the molecule is c1cc(N2CCCCC2)ccc1CNN1CCOCC1. The number of hydrazine groups is 1. The summed E-state index contributed by atoms with van der Waals surface area (Å²) < 4.78 is 5.35. The van der Waals surface area contributed by atoms with E-state index in [4.69, 9.17) is 4.74 Å². The van der Waals surface area contributed by atoms with Crippen molar-refractivity contribution in [3.8, 4) is 0 Å². The third-order valence-electron chi connectivity index (χ3n) is 4.18. The van der Waals surface area contributed by atoms with Crippen molar-refractivity contribution in [2.45, 2.75) is 25.8 Å². The minimum Gasteiger partial charge on any atom is -0.379 e. The number of rotatable bonds is 4. The van der Waals surface area contributed by atoms with Crippen LogP contribution in [0.3, 0.4) is 0 Å². The lowest BCUT2D eigenvalue weighted by atomic mass is 10.1. The second kappa shape index (κ2) is 7.07. The smallest absolute Gasteiger partial charge is 0.0608 e. The molecule has 0 unspecified atom stereocenters. The van der Waals surface area contributed by atoms with Crippen LogP contribution in [0, 0.1) is 0 Å². The number of anilines is 1. The lowest BCUT2D eigenvalue weighted by Gasteiger charge is -2.29.